The molecule has 16 heavy (non-hydrogen) atoms. The summed E-state index contributed by atoms with van der Waals surface area (Å²) >= 11 is 3.55. The standard InChI is InChI=1S/C13H16BrNO/c1-3-5-9-7-10(14)13-11(8-9)15-12(16-13)6-4-2/h7-8H,3-6H2,1-2H3. The second kappa shape index (κ2) is 5.00. The molecule has 0 saturated carbocycles. The van der Waals surface area contributed by atoms with Crippen molar-refractivity contribution in [1.82, 2.24) is 4.98 Å². The molecule has 1 aromatic carbocycles. The average molecular weight is 282 g/mol. The number of aromatic nitrogens is 1. The molecular formula is C13H16BrNO. The minimum Gasteiger partial charge on any atom is -0.440 e. The third-order valence-electron chi connectivity index (χ3n) is 2.55. The number of nitrogens with zero attached hydrogens (tertiary/aromatic N) is 1. The maximum atomic E-state index is 5.71. The number of rotatable bonds is 4. The van der Waals surface area contributed by atoms with Crippen molar-refractivity contribution >= 4 is 27.0 Å². The second-order valence-corrected chi connectivity index (χ2v) is 4.89. The first-order valence-electron chi connectivity index (χ1n) is 5.82. The van der Waals surface area contributed by atoms with Gasteiger partial charge in [-0.25, -0.2) is 4.98 Å². The fourth-order valence-corrected chi connectivity index (χ4v) is 2.42. The molecule has 0 aliphatic rings. The summed E-state index contributed by atoms with van der Waals surface area (Å²) in [5.74, 6) is 0.840. The van der Waals surface area contributed by atoms with E-state index in [-0.39, 0.29) is 0 Å². The normalized spacial score (nSPS) is 11.2. The van der Waals surface area contributed by atoms with Crippen molar-refractivity contribution in [3.8, 4) is 0 Å². The van der Waals surface area contributed by atoms with Gasteiger partial charge in [0, 0.05) is 6.42 Å². The van der Waals surface area contributed by atoms with Crippen molar-refractivity contribution in [2.75, 3.05) is 0 Å². The van der Waals surface area contributed by atoms with Crippen molar-refractivity contribution in [1.29, 1.82) is 0 Å². The van der Waals surface area contributed by atoms with Gasteiger partial charge < -0.3 is 4.42 Å². The van der Waals surface area contributed by atoms with Crippen molar-refractivity contribution in [2.45, 2.75) is 39.5 Å². The average Bonchev–Trinajstić information content (AvgIpc) is 2.62. The minimum atomic E-state index is 0.840. The van der Waals surface area contributed by atoms with Gasteiger partial charge in [0.1, 0.15) is 5.52 Å². The number of fused-ring (bicyclic) bond motifs is 1. The van der Waals surface area contributed by atoms with E-state index in [4.69, 9.17) is 4.42 Å². The van der Waals surface area contributed by atoms with E-state index in [0.29, 0.717) is 0 Å². The molecule has 1 aromatic heterocycles. The van der Waals surface area contributed by atoms with Gasteiger partial charge in [0.15, 0.2) is 11.5 Å². The van der Waals surface area contributed by atoms with Crippen LogP contribution in [0, 0.1) is 0 Å². The largest absolute Gasteiger partial charge is 0.440 e. The van der Waals surface area contributed by atoms with Gasteiger partial charge in [0.2, 0.25) is 0 Å². The molecule has 86 valence electrons. The van der Waals surface area contributed by atoms with Gasteiger partial charge in [-0.15, -0.1) is 0 Å². The molecule has 2 nitrogen and oxygen atoms in total. The van der Waals surface area contributed by atoms with Crippen LogP contribution < -0.4 is 0 Å². The fraction of sp³-hybridized carbons (Fsp3) is 0.462. The third-order valence-corrected chi connectivity index (χ3v) is 3.14. The number of hydrogen-bond donors (Lipinski definition) is 0. The predicted molar refractivity (Wildman–Crippen MR) is 69.7 cm³/mol. The molecule has 0 atom stereocenters. The van der Waals surface area contributed by atoms with Gasteiger partial charge in [0.25, 0.3) is 0 Å². The molecule has 0 radical (unpaired) electrons. The van der Waals surface area contributed by atoms with E-state index >= 15 is 0 Å². The van der Waals surface area contributed by atoms with E-state index in [1.807, 2.05) is 0 Å². The van der Waals surface area contributed by atoms with Gasteiger partial charge in [-0.05, 0) is 46.5 Å². The Morgan fingerprint density at radius 2 is 1.94 bits per heavy atom. The van der Waals surface area contributed by atoms with E-state index in [0.717, 1.165) is 47.1 Å². The zero-order valence-electron chi connectivity index (χ0n) is 9.72. The lowest BCUT2D eigenvalue weighted by Crippen LogP contribution is -1.84. The number of aryl methyl sites for hydroxylation is 2. The summed E-state index contributed by atoms with van der Waals surface area (Å²) in [5, 5.41) is 0. The van der Waals surface area contributed by atoms with Crippen molar-refractivity contribution in [2.24, 2.45) is 0 Å². The van der Waals surface area contributed by atoms with Crippen LogP contribution in [-0.2, 0) is 12.8 Å². The molecule has 0 saturated heterocycles. The molecular weight excluding hydrogens is 266 g/mol. The summed E-state index contributed by atoms with van der Waals surface area (Å²) in [6.45, 7) is 4.32. The van der Waals surface area contributed by atoms with Crippen LogP contribution in [0.3, 0.4) is 0 Å². The number of halogens is 1. The summed E-state index contributed by atoms with van der Waals surface area (Å²) < 4.78 is 6.73. The maximum absolute atomic E-state index is 5.71. The van der Waals surface area contributed by atoms with Crippen molar-refractivity contribution in [3.63, 3.8) is 0 Å². The Hall–Kier alpha value is -0.830. The van der Waals surface area contributed by atoms with Crippen LogP contribution in [-0.4, -0.2) is 4.98 Å². The smallest absolute Gasteiger partial charge is 0.195 e. The van der Waals surface area contributed by atoms with Crippen LogP contribution in [0.25, 0.3) is 11.1 Å². The first-order chi connectivity index (χ1) is 7.74. The summed E-state index contributed by atoms with van der Waals surface area (Å²) in [7, 11) is 0. The topological polar surface area (TPSA) is 26.0 Å². The zero-order chi connectivity index (χ0) is 11.5. The molecule has 0 fully saturated rings. The van der Waals surface area contributed by atoms with Crippen LogP contribution in [0.4, 0.5) is 0 Å². The monoisotopic (exact) mass is 281 g/mol. The molecule has 3 heteroatoms. The highest BCUT2D eigenvalue weighted by Crippen LogP contribution is 2.27. The minimum absolute atomic E-state index is 0.840. The van der Waals surface area contributed by atoms with Crippen LogP contribution in [0.2, 0.25) is 0 Å². The summed E-state index contributed by atoms with van der Waals surface area (Å²) in [6, 6.07) is 4.26. The molecule has 2 rings (SSSR count). The van der Waals surface area contributed by atoms with E-state index in [1.54, 1.807) is 0 Å². The molecule has 0 bridgehead atoms. The number of oxazole rings is 1. The Kier molecular flexibility index (Phi) is 3.64. The van der Waals surface area contributed by atoms with E-state index in [1.165, 1.54) is 5.56 Å². The van der Waals surface area contributed by atoms with Gasteiger partial charge in [0.05, 0.1) is 4.47 Å². The highest BCUT2D eigenvalue weighted by Gasteiger charge is 2.09. The van der Waals surface area contributed by atoms with Gasteiger partial charge in [-0.2, -0.15) is 0 Å². The maximum Gasteiger partial charge on any atom is 0.195 e. The molecule has 1 heterocycles. The SMILES string of the molecule is CCCc1cc(Br)c2oc(CCC)nc2c1. The first-order valence-corrected chi connectivity index (χ1v) is 6.61. The van der Waals surface area contributed by atoms with Crippen LogP contribution >= 0.6 is 15.9 Å². The summed E-state index contributed by atoms with van der Waals surface area (Å²) in [4.78, 5) is 4.51. The Balaban J connectivity index is 2.45. The second-order valence-electron chi connectivity index (χ2n) is 4.03. The lowest BCUT2D eigenvalue weighted by atomic mass is 10.1. The summed E-state index contributed by atoms with van der Waals surface area (Å²) in [5.41, 5.74) is 3.17. The molecule has 0 unspecified atom stereocenters. The molecule has 0 amide bonds. The highest BCUT2D eigenvalue weighted by atomic mass is 79.9. The Morgan fingerprint density at radius 3 is 2.62 bits per heavy atom. The number of hydrogen-bond acceptors (Lipinski definition) is 2. The van der Waals surface area contributed by atoms with Gasteiger partial charge in [-0.1, -0.05) is 20.3 Å². The third kappa shape index (κ3) is 2.29. The molecule has 0 spiro atoms. The Bertz CT molecular complexity index is 490. The molecule has 0 N–H and O–H groups in total. The highest BCUT2D eigenvalue weighted by molar-refractivity contribution is 9.10. The van der Waals surface area contributed by atoms with E-state index in [2.05, 4.69) is 46.9 Å². The van der Waals surface area contributed by atoms with Crippen LogP contribution in [0.15, 0.2) is 21.0 Å². The van der Waals surface area contributed by atoms with Crippen LogP contribution in [0.1, 0.15) is 38.1 Å². The van der Waals surface area contributed by atoms with Crippen molar-refractivity contribution < 1.29 is 4.42 Å². The lowest BCUT2D eigenvalue weighted by Gasteiger charge is -1.99. The van der Waals surface area contributed by atoms with Crippen molar-refractivity contribution in [3.05, 3.63) is 28.1 Å². The fourth-order valence-electron chi connectivity index (χ4n) is 1.85. The van der Waals surface area contributed by atoms with E-state index < -0.39 is 0 Å². The molecule has 2 aromatic rings. The first kappa shape index (κ1) is 11.6. The predicted octanol–water partition coefficient (Wildman–Crippen LogP) is 4.50. The lowest BCUT2D eigenvalue weighted by molar-refractivity contribution is 0.524. The molecule has 0 aliphatic heterocycles. The quantitative estimate of drug-likeness (QED) is 0.825. The van der Waals surface area contributed by atoms with Gasteiger partial charge >= 0.3 is 0 Å². The van der Waals surface area contributed by atoms with E-state index in [9.17, 15) is 0 Å². The molecule has 0 aliphatic carbocycles. The Morgan fingerprint density at radius 1 is 1.19 bits per heavy atom. The summed E-state index contributed by atoms with van der Waals surface area (Å²) in [6.07, 6.45) is 4.21. The van der Waals surface area contributed by atoms with Crippen LogP contribution in [0.5, 0.6) is 0 Å². The zero-order valence-corrected chi connectivity index (χ0v) is 11.3. The van der Waals surface area contributed by atoms with Gasteiger partial charge in [-0.3, -0.25) is 0 Å². The number of benzene rings is 1. The Labute approximate surface area is 104 Å².